The third-order valence-electron chi connectivity index (χ3n) is 4.35. The van der Waals surface area contributed by atoms with Crippen molar-refractivity contribution in [2.75, 3.05) is 20.2 Å². The smallest absolute Gasteiger partial charge is 0.229 e. The third-order valence-corrected chi connectivity index (χ3v) is 4.35. The van der Waals surface area contributed by atoms with Crippen LogP contribution in [0.2, 0.25) is 0 Å². The number of ether oxygens (including phenoxy) is 1. The molecular weight excluding hydrogens is 254 g/mol. The second-order valence-electron chi connectivity index (χ2n) is 6.03. The van der Waals surface area contributed by atoms with Crippen molar-refractivity contribution < 1.29 is 14.6 Å². The van der Waals surface area contributed by atoms with E-state index in [2.05, 4.69) is 0 Å². The first kappa shape index (κ1) is 13.4. The summed E-state index contributed by atoms with van der Waals surface area (Å²) in [5.74, 6) is 1.43. The minimum absolute atomic E-state index is 0.0834. The molecule has 3 rings (SSSR count). The molecule has 1 aliphatic carbocycles. The Labute approximate surface area is 119 Å². The van der Waals surface area contributed by atoms with Crippen molar-refractivity contribution in [2.24, 2.45) is 11.8 Å². The molecule has 2 aliphatic rings. The second-order valence-corrected chi connectivity index (χ2v) is 6.03. The predicted molar refractivity (Wildman–Crippen MR) is 75.5 cm³/mol. The highest BCUT2D eigenvalue weighted by molar-refractivity contribution is 5.79. The van der Waals surface area contributed by atoms with Crippen LogP contribution in [0.1, 0.15) is 18.4 Å². The number of carbonyl (C=O) groups excluding carboxylic acids is 1. The second kappa shape index (κ2) is 5.44. The molecule has 1 heterocycles. The molecular formula is C16H21NO3. The van der Waals surface area contributed by atoms with E-state index in [0.717, 1.165) is 37.1 Å². The fourth-order valence-electron chi connectivity index (χ4n) is 3.13. The van der Waals surface area contributed by atoms with E-state index in [1.54, 1.807) is 4.90 Å². The molecule has 4 heteroatoms. The average Bonchev–Trinajstić information content (AvgIpc) is 2.44. The summed E-state index contributed by atoms with van der Waals surface area (Å²) in [6.45, 7) is 1.21. The van der Waals surface area contributed by atoms with Gasteiger partial charge in [-0.2, -0.15) is 0 Å². The van der Waals surface area contributed by atoms with Gasteiger partial charge in [0.25, 0.3) is 0 Å². The highest BCUT2D eigenvalue weighted by Gasteiger charge is 2.32. The number of nitrogens with zero attached hydrogens (tertiary/aromatic N) is 1. The van der Waals surface area contributed by atoms with Gasteiger partial charge in [0, 0.05) is 13.6 Å². The normalized spacial score (nSPS) is 28.0. The largest absolute Gasteiger partial charge is 0.492 e. The van der Waals surface area contributed by atoms with Crippen molar-refractivity contribution in [1.82, 2.24) is 4.90 Å². The highest BCUT2D eigenvalue weighted by atomic mass is 16.5. The molecule has 108 valence electrons. The Bertz CT molecular complexity index is 496. The summed E-state index contributed by atoms with van der Waals surface area (Å²) in [7, 11) is 1.85. The van der Waals surface area contributed by atoms with Crippen LogP contribution in [0.5, 0.6) is 5.75 Å². The zero-order valence-corrected chi connectivity index (χ0v) is 11.8. The molecule has 0 bridgehead atoms. The van der Waals surface area contributed by atoms with E-state index in [1.165, 1.54) is 0 Å². The van der Waals surface area contributed by atoms with Crippen molar-refractivity contribution in [1.29, 1.82) is 0 Å². The van der Waals surface area contributed by atoms with Gasteiger partial charge >= 0.3 is 0 Å². The Hall–Kier alpha value is -1.55. The van der Waals surface area contributed by atoms with Crippen LogP contribution in [0.3, 0.4) is 0 Å². The zero-order valence-electron chi connectivity index (χ0n) is 11.8. The molecule has 1 aliphatic heterocycles. The first-order chi connectivity index (χ1) is 9.63. The molecule has 1 atom stereocenters. The lowest BCUT2D eigenvalue weighted by molar-refractivity contribution is -0.137. The number of aliphatic hydroxyl groups is 1. The number of amides is 1. The molecule has 20 heavy (non-hydrogen) atoms. The Morgan fingerprint density at radius 2 is 2.15 bits per heavy atom. The maximum atomic E-state index is 12.4. The molecule has 0 saturated heterocycles. The minimum atomic E-state index is -0.159. The number of fused-ring (bicyclic) bond motifs is 1. The summed E-state index contributed by atoms with van der Waals surface area (Å²) in [5, 5.41) is 9.30. The summed E-state index contributed by atoms with van der Waals surface area (Å²) < 4.78 is 5.68. The van der Waals surface area contributed by atoms with E-state index >= 15 is 0 Å². The van der Waals surface area contributed by atoms with E-state index in [-0.39, 0.29) is 17.9 Å². The first-order valence-corrected chi connectivity index (χ1v) is 7.27. The molecule has 1 fully saturated rings. The van der Waals surface area contributed by atoms with Crippen LogP contribution in [-0.4, -0.2) is 42.2 Å². The van der Waals surface area contributed by atoms with Gasteiger partial charge in [0.2, 0.25) is 5.91 Å². The van der Waals surface area contributed by atoms with Crippen LogP contribution in [0, 0.1) is 11.8 Å². The summed E-state index contributed by atoms with van der Waals surface area (Å²) >= 11 is 0. The number of carbonyl (C=O) groups is 1. The van der Waals surface area contributed by atoms with Gasteiger partial charge in [-0.05, 0) is 36.8 Å². The van der Waals surface area contributed by atoms with Crippen molar-refractivity contribution in [2.45, 2.75) is 25.4 Å². The van der Waals surface area contributed by atoms with Gasteiger partial charge in [-0.25, -0.2) is 0 Å². The van der Waals surface area contributed by atoms with Crippen LogP contribution >= 0.6 is 0 Å². The molecule has 1 saturated carbocycles. The molecule has 0 radical (unpaired) electrons. The van der Waals surface area contributed by atoms with E-state index in [4.69, 9.17) is 4.74 Å². The monoisotopic (exact) mass is 275 g/mol. The molecule has 1 amide bonds. The lowest BCUT2D eigenvalue weighted by atomic mass is 9.82. The fourth-order valence-corrected chi connectivity index (χ4v) is 3.13. The van der Waals surface area contributed by atoms with Crippen molar-refractivity contribution in [3.05, 3.63) is 29.8 Å². The molecule has 1 N–H and O–H groups in total. The highest BCUT2D eigenvalue weighted by Crippen LogP contribution is 2.30. The topological polar surface area (TPSA) is 49.8 Å². The lowest BCUT2D eigenvalue weighted by Crippen LogP contribution is -2.44. The number of hydrogen-bond acceptors (Lipinski definition) is 3. The number of rotatable bonds is 3. The van der Waals surface area contributed by atoms with Gasteiger partial charge in [-0.3, -0.25) is 4.79 Å². The van der Waals surface area contributed by atoms with Crippen LogP contribution in [0.25, 0.3) is 0 Å². The SMILES string of the molecule is CN(CC1CC(O)C1)C(=O)C1COc2ccccc2C1. The standard InChI is InChI=1S/C16H21NO3/c1-17(9-11-6-14(18)7-11)16(19)13-8-12-4-2-3-5-15(12)20-10-13/h2-5,11,13-14,18H,6-10H2,1H3. The van der Waals surface area contributed by atoms with Crippen molar-refractivity contribution in [3.8, 4) is 5.75 Å². The van der Waals surface area contributed by atoms with Gasteiger partial charge in [0.1, 0.15) is 12.4 Å². The molecule has 4 nitrogen and oxygen atoms in total. The molecule has 0 aromatic heterocycles. The Morgan fingerprint density at radius 3 is 2.90 bits per heavy atom. The third kappa shape index (κ3) is 2.66. The van der Waals surface area contributed by atoms with Gasteiger partial charge < -0.3 is 14.7 Å². The first-order valence-electron chi connectivity index (χ1n) is 7.27. The van der Waals surface area contributed by atoms with Gasteiger partial charge in [-0.15, -0.1) is 0 Å². The van der Waals surface area contributed by atoms with E-state index in [1.807, 2.05) is 31.3 Å². The lowest BCUT2D eigenvalue weighted by Gasteiger charge is -2.36. The van der Waals surface area contributed by atoms with Crippen LogP contribution < -0.4 is 4.74 Å². The van der Waals surface area contributed by atoms with Crippen molar-refractivity contribution >= 4 is 5.91 Å². The average molecular weight is 275 g/mol. The van der Waals surface area contributed by atoms with Crippen molar-refractivity contribution in [3.63, 3.8) is 0 Å². The summed E-state index contributed by atoms with van der Waals surface area (Å²) in [6.07, 6.45) is 2.24. The molecule has 1 aromatic rings. The maximum Gasteiger partial charge on any atom is 0.229 e. The minimum Gasteiger partial charge on any atom is -0.492 e. The van der Waals surface area contributed by atoms with Gasteiger partial charge in [0.15, 0.2) is 0 Å². The summed E-state index contributed by atoms with van der Waals surface area (Å²) in [5.41, 5.74) is 1.12. The Balaban J connectivity index is 1.58. The summed E-state index contributed by atoms with van der Waals surface area (Å²) in [4.78, 5) is 14.3. The maximum absolute atomic E-state index is 12.4. The van der Waals surface area contributed by atoms with E-state index in [0.29, 0.717) is 12.5 Å². The van der Waals surface area contributed by atoms with Crippen LogP contribution in [0.15, 0.2) is 24.3 Å². The number of benzene rings is 1. The van der Waals surface area contributed by atoms with Gasteiger partial charge in [-0.1, -0.05) is 18.2 Å². The van der Waals surface area contributed by atoms with E-state index in [9.17, 15) is 9.90 Å². The Morgan fingerprint density at radius 1 is 1.40 bits per heavy atom. The summed E-state index contributed by atoms with van der Waals surface area (Å²) in [6, 6.07) is 7.91. The molecule has 1 unspecified atom stereocenters. The number of para-hydroxylation sites is 1. The van der Waals surface area contributed by atoms with E-state index < -0.39 is 0 Å². The zero-order chi connectivity index (χ0) is 14.1. The quantitative estimate of drug-likeness (QED) is 0.908. The number of hydrogen-bond donors (Lipinski definition) is 1. The van der Waals surface area contributed by atoms with Crippen LogP contribution in [0.4, 0.5) is 0 Å². The molecule has 0 spiro atoms. The number of aliphatic hydroxyl groups excluding tert-OH is 1. The van der Waals surface area contributed by atoms with Gasteiger partial charge in [0.05, 0.1) is 12.0 Å². The predicted octanol–water partition coefficient (Wildman–Crippen LogP) is 1.47. The fraction of sp³-hybridized carbons (Fsp3) is 0.562. The van der Waals surface area contributed by atoms with Crippen LogP contribution in [-0.2, 0) is 11.2 Å². The Kier molecular flexibility index (Phi) is 3.66. The molecule has 1 aromatic carbocycles.